The number of hydrogen-bond donors (Lipinski definition) is 1. The van der Waals surface area contributed by atoms with Gasteiger partial charge in [0.1, 0.15) is 0 Å². The van der Waals surface area contributed by atoms with E-state index in [1.807, 2.05) is 36.7 Å². The van der Waals surface area contributed by atoms with Crippen molar-refractivity contribution in [2.75, 3.05) is 5.73 Å². The van der Waals surface area contributed by atoms with E-state index in [1.54, 1.807) is 12.4 Å². The molecule has 0 fully saturated rings. The van der Waals surface area contributed by atoms with Crippen molar-refractivity contribution in [2.24, 2.45) is 0 Å². The second kappa shape index (κ2) is 3.87. The Balaban J connectivity index is 2.35. The summed E-state index contributed by atoms with van der Waals surface area (Å²) in [7, 11) is 0. The molecule has 0 bridgehead atoms. The van der Waals surface area contributed by atoms with Crippen LogP contribution >= 0.6 is 0 Å². The second-order valence-corrected chi connectivity index (χ2v) is 3.87. The minimum atomic E-state index is 0.672. The van der Waals surface area contributed by atoms with Gasteiger partial charge in [0.2, 0.25) is 0 Å². The van der Waals surface area contributed by atoms with Crippen LogP contribution in [0.25, 0.3) is 21.9 Å². The van der Waals surface area contributed by atoms with E-state index in [0.717, 1.165) is 21.9 Å². The molecule has 2 heterocycles. The molecule has 3 aromatic rings. The van der Waals surface area contributed by atoms with Gasteiger partial charge in [-0.3, -0.25) is 9.97 Å². The molecule has 0 atom stereocenters. The molecule has 3 heteroatoms. The van der Waals surface area contributed by atoms with E-state index in [2.05, 4.69) is 16.0 Å². The van der Waals surface area contributed by atoms with E-state index in [-0.39, 0.29) is 0 Å². The van der Waals surface area contributed by atoms with Crippen molar-refractivity contribution in [2.45, 2.75) is 0 Å². The van der Waals surface area contributed by atoms with Gasteiger partial charge < -0.3 is 5.73 Å². The summed E-state index contributed by atoms with van der Waals surface area (Å²) in [6.07, 6.45) is 7.11. The first-order chi connectivity index (χ1) is 8.36. The molecule has 0 saturated carbocycles. The van der Waals surface area contributed by atoms with Crippen LogP contribution in [-0.2, 0) is 0 Å². The van der Waals surface area contributed by atoms with Gasteiger partial charge in [-0.2, -0.15) is 0 Å². The largest absolute Gasteiger partial charge is 0.397 e. The lowest BCUT2D eigenvalue weighted by molar-refractivity contribution is 1.32. The highest BCUT2D eigenvalue weighted by Crippen LogP contribution is 2.30. The molecule has 17 heavy (non-hydrogen) atoms. The summed E-state index contributed by atoms with van der Waals surface area (Å²) in [6.45, 7) is 0. The minimum absolute atomic E-state index is 0.672. The van der Waals surface area contributed by atoms with Crippen LogP contribution in [0, 0.1) is 0 Å². The molecule has 0 aliphatic rings. The summed E-state index contributed by atoms with van der Waals surface area (Å²) in [5, 5.41) is 2.27. The smallest absolute Gasteiger partial charge is 0.0581 e. The molecule has 0 aliphatic heterocycles. The highest BCUT2D eigenvalue weighted by Gasteiger charge is 2.06. The van der Waals surface area contributed by atoms with Crippen LogP contribution in [0.15, 0.2) is 55.1 Å². The average molecular weight is 221 g/mol. The van der Waals surface area contributed by atoms with Crippen LogP contribution in [0.2, 0.25) is 0 Å². The Morgan fingerprint density at radius 1 is 0.824 bits per heavy atom. The molecule has 0 saturated heterocycles. The molecular formula is C14H11N3. The van der Waals surface area contributed by atoms with Gasteiger partial charge in [-0.1, -0.05) is 24.3 Å². The summed E-state index contributed by atoms with van der Waals surface area (Å²) < 4.78 is 0. The van der Waals surface area contributed by atoms with Crippen molar-refractivity contribution in [3.05, 3.63) is 55.1 Å². The zero-order valence-electron chi connectivity index (χ0n) is 9.17. The number of hydrogen-bond acceptors (Lipinski definition) is 3. The fourth-order valence-electron chi connectivity index (χ4n) is 1.98. The van der Waals surface area contributed by atoms with Crippen molar-refractivity contribution in [3.63, 3.8) is 0 Å². The number of aromatic nitrogens is 2. The van der Waals surface area contributed by atoms with Crippen molar-refractivity contribution in [1.82, 2.24) is 9.97 Å². The number of benzene rings is 1. The monoisotopic (exact) mass is 221 g/mol. The lowest BCUT2D eigenvalue weighted by Crippen LogP contribution is -1.92. The van der Waals surface area contributed by atoms with Crippen molar-refractivity contribution in [3.8, 4) is 11.1 Å². The Morgan fingerprint density at radius 2 is 1.71 bits per heavy atom. The number of pyridine rings is 2. The molecule has 0 amide bonds. The Bertz CT molecular complexity index is 672. The summed E-state index contributed by atoms with van der Waals surface area (Å²) in [6, 6.07) is 10.1. The third kappa shape index (κ3) is 1.61. The fraction of sp³-hybridized carbons (Fsp3) is 0. The van der Waals surface area contributed by atoms with E-state index >= 15 is 0 Å². The molecule has 3 rings (SSSR count). The average Bonchev–Trinajstić information content (AvgIpc) is 2.39. The van der Waals surface area contributed by atoms with Crippen molar-refractivity contribution < 1.29 is 0 Å². The van der Waals surface area contributed by atoms with E-state index in [9.17, 15) is 0 Å². The first-order valence-corrected chi connectivity index (χ1v) is 5.39. The predicted molar refractivity (Wildman–Crippen MR) is 69.4 cm³/mol. The van der Waals surface area contributed by atoms with Gasteiger partial charge in [0.05, 0.1) is 11.9 Å². The van der Waals surface area contributed by atoms with Crippen LogP contribution in [-0.4, -0.2) is 9.97 Å². The minimum Gasteiger partial charge on any atom is -0.397 e. The lowest BCUT2D eigenvalue weighted by atomic mass is 10.0. The number of anilines is 1. The summed E-state index contributed by atoms with van der Waals surface area (Å²) in [5.41, 5.74) is 8.65. The molecular weight excluding hydrogens is 210 g/mol. The molecule has 1 aromatic carbocycles. The third-order valence-electron chi connectivity index (χ3n) is 2.81. The van der Waals surface area contributed by atoms with Crippen LogP contribution in [0.1, 0.15) is 0 Å². The number of rotatable bonds is 1. The van der Waals surface area contributed by atoms with E-state index in [0.29, 0.717) is 5.69 Å². The zero-order chi connectivity index (χ0) is 11.7. The number of fused-ring (bicyclic) bond motifs is 1. The third-order valence-corrected chi connectivity index (χ3v) is 2.81. The van der Waals surface area contributed by atoms with Gasteiger partial charge in [0, 0.05) is 35.1 Å². The van der Waals surface area contributed by atoms with E-state index in [1.165, 1.54) is 0 Å². The van der Waals surface area contributed by atoms with Crippen LogP contribution in [0.4, 0.5) is 5.69 Å². The second-order valence-electron chi connectivity index (χ2n) is 3.87. The van der Waals surface area contributed by atoms with Gasteiger partial charge in [0.15, 0.2) is 0 Å². The number of nitrogens with two attached hydrogens (primary N) is 1. The SMILES string of the molecule is Nc1cnccc1-c1cncc2ccccc12. The highest BCUT2D eigenvalue weighted by atomic mass is 14.7. The summed E-state index contributed by atoms with van der Waals surface area (Å²) in [4.78, 5) is 8.26. The van der Waals surface area contributed by atoms with Gasteiger partial charge in [-0.05, 0) is 11.5 Å². The van der Waals surface area contributed by atoms with Gasteiger partial charge in [-0.25, -0.2) is 0 Å². The van der Waals surface area contributed by atoms with Gasteiger partial charge >= 0.3 is 0 Å². The standard InChI is InChI=1S/C14H11N3/c15-14-9-16-6-5-12(14)13-8-17-7-10-3-1-2-4-11(10)13/h1-9H,15H2. The molecule has 2 aromatic heterocycles. The molecule has 2 N–H and O–H groups in total. The van der Waals surface area contributed by atoms with E-state index in [4.69, 9.17) is 5.73 Å². The highest BCUT2D eigenvalue weighted by molar-refractivity contribution is 5.98. The quantitative estimate of drug-likeness (QED) is 0.687. The molecule has 82 valence electrons. The zero-order valence-corrected chi connectivity index (χ0v) is 9.17. The Kier molecular flexibility index (Phi) is 2.22. The van der Waals surface area contributed by atoms with Gasteiger partial charge in [0.25, 0.3) is 0 Å². The van der Waals surface area contributed by atoms with E-state index < -0.39 is 0 Å². The predicted octanol–water partition coefficient (Wildman–Crippen LogP) is 2.88. The normalized spacial score (nSPS) is 10.6. The molecule has 0 spiro atoms. The van der Waals surface area contributed by atoms with Crippen LogP contribution in [0.5, 0.6) is 0 Å². The maximum Gasteiger partial charge on any atom is 0.0581 e. The topological polar surface area (TPSA) is 51.8 Å². The van der Waals surface area contributed by atoms with Gasteiger partial charge in [-0.15, -0.1) is 0 Å². The number of nitrogens with zero attached hydrogens (tertiary/aromatic N) is 2. The molecule has 0 aliphatic carbocycles. The first-order valence-electron chi connectivity index (χ1n) is 5.39. The molecule has 0 radical (unpaired) electrons. The Labute approximate surface area is 98.9 Å². The summed E-state index contributed by atoms with van der Waals surface area (Å²) >= 11 is 0. The van der Waals surface area contributed by atoms with Crippen LogP contribution in [0.3, 0.4) is 0 Å². The molecule has 0 unspecified atom stereocenters. The maximum absolute atomic E-state index is 5.95. The van der Waals surface area contributed by atoms with Crippen molar-refractivity contribution >= 4 is 16.5 Å². The lowest BCUT2D eigenvalue weighted by Gasteiger charge is -2.07. The van der Waals surface area contributed by atoms with Crippen LogP contribution < -0.4 is 5.73 Å². The Hall–Kier alpha value is -2.42. The summed E-state index contributed by atoms with van der Waals surface area (Å²) in [5.74, 6) is 0. The Morgan fingerprint density at radius 3 is 2.59 bits per heavy atom. The first kappa shape index (κ1) is 9.78. The fourth-order valence-corrected chi connectivity index (χ4v) is 1.98. The van der Waals surface area contributed by atoms with Crippen molar-refractivity contribution in [1.29, 1.82) is 0 Å². The maximum atomic E-state index is 5.95. The number of nitrogen functional groups attached to an aromatic ring is 1. The molecule has 3 nitrogen and oxygen atoms in total.